The van der Waals surface area contributed by atoms with Crippen molar-refractivity contribution in [1.82, 2.24) is 4.98 Å². The lowest BCUT2D eigenvalue weighted by Crippen LogP contribution is -2.47. The van der Waals surface area contributed by atoms with Crippen molar-refractivity contribution in [2.75, 3.05) is 0 Å². The van der Waals surface area contributed by atoms with Gasteiger partial charge in [-0.15, -0.1) is 0 Å². The lowest BCUT2D eigenvalue weighted by Gasteiger charge is -2.32. The number of hydrogen-bond acceptors (Lipinski definition) is 4. The van der Waals surface area contributed by atoms with Gasteiger partial charge in [-0.1, -0.05) is 29.8 Å². The van der Waals surface area contributed by atoms with Crippen molar-refractivity contribution in [2.24, 2.45) is 5.92 Å². The van der Waals surface area contributed by atoms with Crippen LogP contribution in [-0.4, -0.2) is 28.3 Å². The Morgan fingerprint density at radius 1 is 1.21 bits per heavy atom. The molecule has 0 aliphatic carbocycles. The number of halogens is 4. The Labute approximate surface area is 167 Å². The average molecular weight is 424 g/mol. The molecule has 0 bridgehead atoms. The second-order valence-electron chi connectivity index (χ2n) is 6.56. The largest absolute Gasteiger partial charge is 0.481 e. The number of aliphatic carboxylic acids is 1. The van der Waals surface area contributed by atoms with Crippen molar-refractivity contribution in [3.05, 3.63) is 59.1 Å². The van der Waals surface area contributed by atoms with Crippen LogP contribution in [0.4, 0.5) is 13.2 Å². The molecule has 2 unspecified atom stereocenters. The van der Waals surface area contributed by atoms with Gasteiger partial charge < -0.3 is 14.6 Å². The quantitative estimate of drug-likeness (QED) is 0.623. The number of carbonyl (C=O) groups is 1. The van der Waals surface area contributed by atoms with Gasteiger partial charge in [0, 0.05) is 17.5 Å². The van der Waals surface area contributed by atoms with Crippen molar-refractivity contribution in [1.29, 1.82) is 0 Å². The van der Waals surface area contributed by atoms with E-state index >= 15 is 0 Å². The number of para-hydroxylation sites is 1. The van der Waals surface area contributed by atoms with Crippen LogP contribution >= 0.6 is 11.6 Å². The van der Waals surface area contributed by atoms with Gasteiger partial charge in [0.25, 0.3) is 0 Å². The second-order valence-corrected chi connectivity index (χ2v) is 6.97. The van der Waals surface area contributed by atoms with Crippen molar-refractivity contribution in [3.8, 4) is 17.4 Å². The van der Waals surface area contributed by atoms with Crippen molar-refractivity contribution >= 4 is 28.5 Å². The van der Waals surface area contributed by atoms with Gasteiger partial charge >= 0.3 is 12.1 Å². The van der Waals surface area contributed by atoms with E-state index in [9.17, 15) is 18.0 Å². The van der Waals surface area contributed by atoms with Gasteiger partial charge in [-0.25, -0.2) is 4.98 Å². The summed E-state index contributed by atoms with van der Waals surface area (Å²) in [5.41, 5.74) is 0.943. The summed E-state index contributed by atoms with van der Waals surface area (Å²) in [6, 6.07) is 13.3. The van der Waals surface area contributed by atoms with Crippen LogP contribution in [0, 0.1) is 5.92 Å². The first-order chi connectivity index (χ1) is 13.7. The van der Waals surface area contributed by atoms with E-state index in [-0.39, 0.29) is 34.4 Å². The maximum absolute atomic E-state index is 13.3. The third kappa shape index (κ3) is 3.80. The number of nitrogens with zero attached hydrogens (tertiary/aromatic N) is 1. The molecule has 9 heteroatoms. The summed E-state index contributed by atoms with van der Waals surface area (Å²) in [5.74, 6) is -3.20. The smallest absolute Gasteiger partial charge is 0.426 e. The SMILES string of the molecule is O=C(O)C1Cc2cc(Cl)c(Oc3ccc4ccccc4n3)cc2OC1C(F)(F)F. The van der Waals surface area contributed by atoms with Crippen LogP contribution in [0.5, 0.6) is 17.4 Å². The molecule has 29 heavy (non-hydrogen) atoms. The fraction of sp³-hybridized carbons (Fsp3) is 0.200. The molecule has 1 aliphatic rings. The summed E-state index contributed by atoms with van der Waals surface area (Å²) in [6.07, 6.45) is -7.65. The van der Waals surface area contributed by atoms with E-state index in [0.717, 1.165) is 5.39 Å². The highest BCUT2D eigenvalue weighted by atomic mass is 35.5. The summed E-state index contributed by atoms with van der Waals surface area (Å²) < 4.78 is 50.5. The number of ether oxygens (including phenoxy) is 2. The van der Waals surface area contributed by atoms with Gasteiger partial charge in [0.05, 0.1) is 10.5 Å². The minimum atomic E-state index is -4.83. The minimum absolute atomic E-state index is 0.0582. The second kappa shape index (κ2) is 7.11. The predicted molar refractivity (Wildman–Crippen MR) is 98.6 cm³/mol. The van der Waals surface area contributed by atoms with Crippen LogP contribution in [0.25, 0.3) is 10.9 Å². The summed E-state index contributed by atoms with van der Waals surface area (Å²) in [7, 11) is 0. The number of hydrogen-bond donors (Lipinski definition) is 1. The number of carboxylic acid groups (broad SMARTS) is 1. The van der Waals surface area contributed by atoms with Crippen LogP contribution in [0.3, 0.4) is 0 Å². The maximum Gasteiger partial charge on any atom is 0.426 e. The fourth-order valence-electron chi connectivity index (χ4n) is 3.21. The summed E-state index contributed by atoms with van der Waals surface area (Å²) in [5, 5.41) is 10.2. The Kier molecular flexibility index (Phi) is 4.74. The standard InChI is InChI=1S/C20H13ClF3NO4/c21-13-8-11-7-12(19(26)27)18(20(22,23)24)29-15(11)9-16(13)28-17-6-5-10-3-1-2-4-14(10)25-17/h1-6,8-9,12,18H,7H2,(H,26,27). The molecule has 0 saturated carbocycles. The number of aromatic nitrogens is 1. The Balaban J connectivity index is 1.68. The zero-order valence-electron chi connectivity index (χ0n) is 14.6. The molecule has 0 fully saturated rings. The highest BCUT2D eigenvalue weighted by Crippen LogP contribution is 2.43. The molecule has 0 saturated heterocycles. The monoisotopic (exact) mass is 423 g/mol. The van der Waals surface area contributed by atoms with Gasteiger partial charge in [-0.05, 0) is 30.2 Å². The molecular formula is C20H13ClF3NO4. The number of pyridine rings is 1. The third-order valence-corrected chi connectivity index (χ3v) is 4.90. The molecule has 2 atom stereocenters. The van der Waals surface area contributed by atoms with E-state index in [1.165, 1.54) is 12.1 Å². The van der Waals surface area contributed by atoms with Crippen LogP contribution in [0.15, 0.2) is 48.5 Å². The first kappa shape index (κ1) is 19.3. The van der Waals surface area contributed by atoms with E-state index in [1.807, 2.05) is 18.2 Å². The van der Waals surface area contributed by atoms with Crippen LogP contribution in [-0.2, 0) is 11.2 Å². The topological polar surface area (TPSA) is 68.7 Å². The zero-order valence-corrected chi connectivity index (χ0v) is 15.4. The Morgan fingerprint density at radius 2 is 1.97 bits per heavy atom. The van der Waals surface area contributed by atoms with Gasteiger partial charge in [-0.3, -0.25) is 4.79 Å². The fourth-order valence-corrected chi connectivity index (χ4v) is 3.44. The molecule has 0 amide bonds. The van der Waals surface area contributed by atoms with E-state index in [4.69, 9.17) is 26.2 Å². The molecule has 2 aromatic carbocycles. The van der Waals surface area contributed by atoms with Gasteiger partial charge in [-0.2, -0.15) is 13.2 Å². The van der Waals surface area contributed by atoms with E-state index in [1.54, 1.807) is 18.2 Å². The maximum atomic E-state index is 13.3. The molecule has 2 heterocycles. The lowest BCUT2D eigenvalue weighted by atomic mass is 9.90. The molecule has 3 aromatic rings. The van der Waals surface area contributed by atoms with Gasteiger partial charge in [0.1, 0.15) is 11.7 Å². The Hall–Kier alpha value is -3.00. The number of carboxylic acids is 1. The molecule has 4 rings (SSSR count). The van der Waals surface area contributed by atoms with Crippen LogP contribution < -0.4 is 9.47 Å². The Morgan fingerprint density at radius 3 is 2.69 bits per heavy atom. The highest BCUT2D eigenvalue weighted by molar-refractivity contribution is 6.32. The summed E-state index contributed by atoms with van der Waals surface area (Å²) in [6.45, 7) is 0. The molecule has 150 valence electrons. The average Bonchev–Trinajstić information content (AvgIpc) is 2.67. The molecule has 5 nitrogen and oxygen atoms in total. The summed E-state index contributed by atoms with van der Waals surface area (Å²) in [4.78, 5) is 15.6. The number of rotatable bonds is 3. The predicted octanol–water partition coefficient (Wildman–Crippen LogP) is 5.25. The third-order valence-electron chi connectivity index (χ3n) is 4.60. The zero-order chi connectivity index (χ0) is 20.8. The molecule has 0 spiro atoms. The minimum Gasteiger partial charge on any atom is -0.481 e. The van der Waals surface area contributed by atoms with Crippen LogP contribution in [0.2, 0.25) is 5.02 Å². The summed E-state index contributed by atoms with van der Waals surface area (Å²) >= 11 is 6.20. The van der Waals surface area contributed by atoms with E-state index in [0.29, 0.717) is 5.52 Å². The van der Waals surface area contributed by atoms with E-state index in [2.05, 4.69) is 4.98 Å². The lowest BCUT2D eigenvalue weighted by molar-refractivity contribution is -0.217. The van der Waals surface area contributed by atoms with Crippen molar-refractivity contribution in [2.45, 2.75) is 18.7 Å². The number of fused-ring (bicyclic) bond motifs is 2. The molecule has 0 radical (unpaired) electrons. The molecule has 1 N–H and O–H groups in total. The van der Waals surface area contributed by atoms with Gasteiger partial charge in [0.15, 0.2) is 5.75 Å². The first-order valence-corrected chi connectivity index (χ1v) is 8.92. The van der Waals surface area contributed by atoms with Crippen molar-refractivity contribution in [3.63, 3.8) is 0 Å². The molecule has 1 aromatic heterocycles. The molecular weight excluding hydrogens is 411 g/mol. The highest BCUT2D eigenvalue weighted by Gasteiger charge is 2.52. The molecule has 1 aliphatic heterocycles. The van der Waals surface area contributed by atoms with E-state index < -0.39 is 24.2 Å². The number of alkyl halides is 3. The Bertz CT molecular complexity index is 1100. The van der Waals surface area contributed by atoms with Crippen molar-refractivity contribution < 1.29 is 32.5 Å². The number of benzene rings is 2. The normalized spacial score (nSPS) is 18.8. The first-order valence-electron chi connectivity index (χ1n) is 8.54. The van der Waals surface area contributed by atoms with Crippen LogP contribution in [0.1, 0.15) is 5.56 Å². The van der Waals surface area contributed by atoms with Gasteiger partial charge in [0.2, 0.25) is 12.0 Å².